The normalized spacial score (nSPS) is 10.6. The molecule has 0 radical (unpaired) electrons. The Kier molecular flexibility index (Phi) is 9.00. The van der Waals surface area contributed by atoms with Gasteiger partial charge in [-0.15, -0.1) is 0 Å². The summed E-state index contributed by atoms with van der Waals surface area (Å²) in [5, 5.41) is 4.03. The predicted molar refractivity (Wildman–Crippen MR) is 137 cm³/mol. The molecule has 0 heterocycles. The lowest BCUT2D eigenvalue weighted by Gasteiger charge is -2.10. The Labute approximate surface area is 213 Å². The number of rotatable bonds is 9. The van der Waals surface area contributed by atoms with Crippen LogP contribution >= 0.6 is 31.9 Å². The molecule has 1 N–H and O–H groups in total. The highest BCUT2D eigenvalue weighted by atomic mass is 79.9. The maximum Gasteiger partial charge on any atom is 0.343 e. The fraction of sp³-hybridized carbons (Fsp3) is 0.0800. The average Bonchev–Trinajstić information content (AvgIpc) is 2.84. The van der Waals surface area contributed by atoms with E-state index >= 15 is 0 Å². The third-order valence-electron chi connectivity index (χ3n) is 4.41. The molecule has 0 atom stereocenters. The number of carbonyl (C=O) groups is 2. The molecule has 0 aliphatic rings. The van der Waals surface area contributed by atoms with E-state index in [4.69, 9.17) is 14.2 Å². The first kappa shape index (κ1) is 25.2. The number of esters is 1. The molecule has 3 aromatic carbocycles. The standard InChI is InChI=1S/C25H20Br2N2O5/c1-3-12-33-23-11-7-19(27)14-21(23)24(30)29-28-15-17-13-18(26)6-10-22(17)34-25(31)16-4-8-20(32-2)9-5-16/h3-11,13-15H,1,12H2,2H3,(H,29,30)/b28-15+. The highest BCUT2D eigenvalue weighted by Crippen LogP contribution is 2.25. The average molecular weight is 588 g/mol. The van der Waals surface area contributed by atoms with Gasteiger partial charge in [0.25, 0.3) is 5.91 Å². The van der Waals surface area contributed by atoms with E-state index in [9.17, 15) is 9.59 Å². The molecule has 0 fully saturated rings. The van der Waals surface area contributed by atoms with Crippen LogP contribution in [0.4, 0.5) is 0 Å². The molecule has 34 heavy (non-hydrogen) atoms. The van der Waals surface area contributed by atoms with Gasteiger partial charge in [-0.25, -0.2) is 10.2 Å². The van der Waals surface area contributed by atoms with Gasteiger partial charge in [-0.3, -0.25) is 4.79 Å². The summed E-state index contributed by atoms with van der Waals surface area (Å²) in [7, 11) is 1.55. The molecular formula is C25H20Br2N2O5. The number of benzene rings is 3. The summed E-state index contributed by atoms with van der Waals surface area (Å²) in [5.41, 5.74) is 3.61. The summed E-state index contributed by atoms with van der Waals surface area (Å²) >= 11 is 6.74. The molecule has 0 saturated heterocycles. The third-order valence-corrected chi connectivity index (χ3v) is 5.40. The van der Waals surface area contributed by atoms with Crippen LogP contribution in [0.15, 0.2) is 87.4 Å². The zero-order chi connectivity index (χ0) is 24.5. The number of nitrogens with zero attached hydrogens (tertiary/aromatic N) is 1. The molecule has 0 saturated carbocycles. The Morgan fingerprint density at radius 2 is 1.68 bits per heavy atom. The molecule has 1 amide bonds. The van der Waals surface area contributed by atoms with Crippen molar-refractivity contribution < 1.29 is 23.8 Å². The van der Waals surface area contributed by atoms with Gasteiger partial charge in [-0.2, -0.15) is 5.10 Å². The van der Waals surface area contributed by atoms with Crippen molar-refractivity contribution in [2.45, 2.75) is 0 Å². The smallest absolute Gasteiger partial charge is 0.343 e. The lowest BCUT2D eigenvalue weighted by Crippen LogP contribution is -2.19. The first-order valence-corrected chi connectivity index (χ1v) is 11.5. The van der Waals surface area contributed by atoms with Crippen molar-refractivity contribution in [3.63, 3.8) is 0 Å². The van der Waals surface area contributed by atoms with Gasteiger partial charge in [-0.1, -0.05) is 44.5 Å². The molecule has 3 rings (SSSR count). The number of methoxy groups -OCH3 is 1. The number of carbonyl (C=O) groups excluding carboxylic acids is 2. The molecule has 9 heteroatoms. The molecule has 0 unspecified atom stereocenters. The number of nitrogens with one attached hydrogen (secondary N) is 1. The summed E-state index contributed by atoms with van der Waals surface area (Å²) in [6.45, 7) is 3.87. The molecule has 7 nitrogen and oxygen atoms in total. The molecule has 3 aromatic rings. The van der Waals surface area contributed by atoms with Crippen LogP contribution in [0.5, 0.6) is 17.2 Å². The summed E-state index contributed by atoms with van der Waals surface area (Å²) in [5.74, 6) is 0.296. The van der Waals surface area contributed by atoms with Crippen LogP contribution in [0.3, 0.4) is 0 Å². The Balaban J connectivity index is 1.75. The van der Waals surface area contributed by atoms with E-state index in [2.05, 4.69) is 49.0 Å². The fourth-order valence-electron chi connectivity index (χ4n) is 2.77. The van der Waals surface area contributed by atoms with Crippen LogP contribution in [-0.4, -0.2) is 31.8 Å². The minimum Gasteiger partial charge on any atom is -0.497 e. The van der Waals surface area contributed by atoms with Crippen LogP contribution in [0.1, 0.15) is 26.3 Å². The zero-order valence-corrected chi connectivity index (χ0v) is 21.3. The van der Waals surface area contributed by atoms with Gasteiger partial charge in [0.1, 0.15) is 23.9 Å². The van der Waals surface area contributed by atoms with Crippen LogP contribution in [0, 0.1) is 0 Å². The summed E-state index contributed by atoms with van der Waals surface area (Å²) in [6, 6.07) is 16.7. The van der Waals surface area contributed by atoms with Gasteiger partial charge < -0.3 is 14.2 Å². The first-order chi connectivity index (χ1) is 16.4. The number of hydrazone groups is 1. The van der Waals surface area contributed by atoms with E-state index in [0.717, 1.165) is 4.47 Å². The topological polar surface area (TPSA) is 86.2 Å². The summed E-state index contributed by atoms with van der Waals surface area (Å²) in [4.78, 5) is 25.2. The second-order valence-electron chi connectivity index (χ2n) is 6.74. The quantitative estimate of drug-likeness (QED) is 0.113. The van der Waals surface area contributed by atoms with Gasteiger partial charge >= 0.3 is 5.97 Å². The van der Waals surface area contributed by atoms with Crippen molar-refractivity contribution >= 4 is 50.0 Å². The van der Waals surface area contributed by atoms with E-state index in [-0.39, 0.29) is 12.4 Å². The lowest BCUT2D eigenvalue weighted by atomic mass is 10.2. The van der Waals surface area contributed by atoms with Gasteiger partial charge in [0.05, 0.1) is 24.5 Å². The summed E-state index contributed by atoms with van der Waals surface area (Å²) < 4.78 is 17.6. The van der Waals surface area contributed by atoms with Gasteiger partial charge in [0.15, 0.2) is 0 Å². The fourth-order valence-corrected chi connectivity index (χ4v) is 3.51. The Bertz CT molecular complexity index is 1230. The van der Waals surface area contributed by atoms with Crippen molar-refractivity contribution in [1.82, 2.24) is 5.43 Å². The highest BCUT2D eigenvalue weighted by Gasteiger charge is 2.14. The molecule has 0 aromatic heterocycles. The van der Waals surface area contributed by atoms with E-state index in [1.54, 1.807) is 73.8 Å². The monoisotopic (exact) mass is 586 g/mol. The molecule has 0 aliphatic carbocycles. The van der Waals surface area contributed by atoms with Gasteiger partial charge in [0.2, 0.25) is 0 Å². The highest BCUT2D eigenvalue weighted by molar-refractivity contribution is 9.10. The maximum atomic E-state index is 12.7. The first-order valence-electron chi connectivity index (χ1n) is 9.93. The van der Waals surface area contributed by atoms with E-state index in [1.807, 2.05) is 0 Å². The van der Waals surface area contributed by atoms with Gasteiger partial charge in [-0.05, 0) is 60.7 Å². The maximum absolute atomic E-state index is 12.7. The largest absolute Gasteiger partial charge is 0.497 e. The van der Waals surface area contributed by atoms with Crippen LogP contribution in [-0.2, 0) is 0 Å². The number of hydrogen-bond donors (Lipinski definition) is 1. The molecular weight excluding hydrogens is 568 g/mol. The van der Waals surface area contributed by atoms with E-state index in [0.29, 0.717) is 32.7 Å². The lowest BCUT2D eigenvalue weighted by molar-refractivity contribution is 0.0734. The SMILES string of the molecule is C=CCOc1ccc(Br)cc1C(=O)N/N=C/c1cc(Br)ccc1OC(=O)c1ccc(OC)cc1. The second-order valence-corrected chi connectivity index (χ2v) is 8.57. The van der Waals surface area contributed by atoms with Crippen molar-refractivity contribution in [3.8, 4) is 17.2 Å². The Morgan fingerprint density at radius 1 is 1.00 bits per heavy atom. The summed E-state index contributed by atoms with van der Waals surface area (Å²) in [6.07, 6.45) is 2.98. The number of ether oxygens (including phenoxy) is 3. The number of amides is 1. The molecule has 0 spiro atoms. The third kappa shape index (κ3) is 6.79. The number of hydrogen-bond acceptors (Lipinski definition) is 6. The zero-order valence-electron chi connectivity index (χ0n) is 18.1. The van der Waals surface area contributed by atoms with Crippen LogP contribution in [0.25, 0.3) is 0 Å². The second kappa shape index (κ2) is 12.2. The van der Waals surface area contributed by atoms with Gasteiger partial charge in [0, 0.05) is 14.5 Å². The predicted octanol–water partition coefficient (Wildman–Crippen LogP) is 5.77. The van der Waals surface area contributed by atoms with E-state index < -0.39 is 11.9 Å². The van der Waals surface area contributed by atoms with Crippen LogP contribution in [0.2, 0.25) is 0 Å². The minimum absolute atomic E-state index is 0.256. The Hall–Kier alpha value is -3.43. The Morgan fingerprint density at radius 3 is 2.35 bits per heavy atom. The van der Waals surface area contributed by atoms with Crippen molar-refractivity contribution in [3.05, 3.63) is 99.0 Å². The van der Waals surface area contributed by atoms with Crippen molar-refractivity contribution in [1.29, 1.82) is 0 Å². The van der Waals surface area contributed by atoms with Crippen LogP contribution < -0.4 is 19.6 Å². The van der Waals surface area contributed by atoms with E-state index in [1.165, 1.54) is 6.21 Å². The molecule has 0 bridgehead atoms. The van der Waals surface area contributed by atoms with Crippen molar-refractivity contribution in [2.75, 3.05) is 13.7 Å². The molecule has 174 valence electrons. The van der Waals surface area contributed by atoms with Crippen molar-refractivity contribution in [2.24, 2.45) is 5.10 Å². The minimum atomic E-state index is -0.540. The molecule has 0 aliphatic heterocycles. The number of halogens is 2.